The van der Waals surface area contributed by atoms with Gasteiger partial charge < -0.3 is 9.63 Å². The van der Waals surface area contributed by atoms with Gasteiger partial charge in [-0.25, -0.2) is 0 Å². The van der Waals surface area contributed by atoms with Crippen molar-refractivity contribution < 1.29 is 14.6 Å². The van der Waals surface area contributed by atoms with Crippen molar-refractivity contribution in [2.75, 3.05) is 0 Å². The summed E-state index contributed by atoms with van der Waals surface area (Å²) in [4.78, 5) is 14.7. The first kappa shape index (κ1) is 14.1. The Balaban J connectivity index is 2.41. The molecule has 0 saturated heterocycles. The summed E-state index contributed by atoms with van der Waals surface area (Å²) in [5, 5.41) is 24.4. The molecule has 0 amide bonds. The summed E-state index contributed by atoms with van der Waals surface area (Å²) in [5.41, 5.74) is 0.220. The topological polar surface area (TPSA) is 102 Å². The summed E-state index contributed by atoms with van der Waals surface area (Å²) in [6.07, 6.45) is 0.00923. The molecule has 2 aromatic rings. The Labute approximate surface area is 115 Å². The highest BCUT2D eigenvalue weighted by atomic mass is 16.6. The molecule has 1 heterocycles. The van der Waals surface area contributed by atoms with E-state index in [1.807, 2.05) is 6.92 Å². The first-order chi connectivity index (χ1) is 9.54. The molecule has 2 rings (SSSR count). The van der Waals surface area contributed by atoms with Crippen LogP contribution in [0.5, 0.6) is 0 Å². The van der Waals surface area contributed by atoms with E-state index in [1.54, 1.807) is 25.1 Å². The van der Waals surface area contributed by atoms with Gasteiger partial charge in [0.15, 0.2) is 0 Å². The second-order valence-corrected chi connectivity index (χ2v) is 4.49. The van der Waals surface area contributed by atoms with E-state index in [0.29, 0.717) is 12.0 Å². The molecule has 0 aliphatic rings. The highest BCUT2D eigenvalue weighted by Crippen LogP contribution is 2.29. The molecule has 0 saturated carbocycles. The summed E-state index contributed by atoms with van der Waals surface area (Å²) in [7, 11) is 0. The summed E-state index contributed by atoms with van der Waals surface area (Å²) < 4.78 is 5.12. The van der Waals surface area contributed by atoms with Gasteiger partial charge >= 0.3 is 0 Å². The third-order valence-electron chi connectivity index (χ3n) is 3.12. The minimum Gasteiger partial charge on any atom is -0.393 e. The molecule has 106 valence electrons. The first-order valence-electron chi connectivity index (χ1n) is 6.30. The molecular weight excluding hydrogens is 262 g/mol. The van der Waals surface area contributed by atoms with Crippen LogP contribution < -0.4 is 0 Å². The predicted octanol–water partition coefficient (Wildman–Crippen LogP) is 2.52. The second-order valence-electron chi connectivity index (χ2n) is 4.49. The molecule has 1 N–H and O–H groups in total. The summed E-state index contributed by atoms with van der Waals surface area (Å²) in [6, 6.07) is 6.20. The SMILES string of the molecule is CCC(c1nc(-c2ccccc2[N+](=O)[O-])no1)C(C)O. The summed E-state index contributed by atoms with van der Waals surface area (Å²) >= 11 is 0. The Hall–Kier alpha value is -2.28. The van der Waals surface area contributed by atoms with E-state index in [2.05, 4.69) is 10.1 Å². The number of aromatic nitrogens is 2. The monoisotopic (exact) mass is 277 g/mol. The van der Waals surface area contributed by atoms with Crippen molar-refractivity contribution in [2.45, 2.75) is 32.3 Å². The van der Waals surface area contributed by atoms with Crippen molar-refractivity contribution in [1.29, 1.82) is 0 Å². The number of para-hydroxylation sites is 1. The van der Waals surface area contributed by atoms with Crippen LogP contribution in [0.2, 0.25) is 0 Å². The Bertz CT molecular complexity index is 609. The van der Waals surface area contributed by atoms with E-state index in [1.165, 1.54) is 6.07 Å². The van der Waals surface area contributed by atoms with E-state index in [-0.39, 0.29) is 23.3 Å². The zero-order valence-corrected chi connectivity index (χ0v) is 11.2. The van der Waals surface area contributed by atoms with E-state index in [4.69, 9.17) is 4.52 Å². The van der Waals surface area contributed by atoms with Crippen molar-refractivity contribution in [3.8, 4) is 11.4 Å². The van der Waals surface area contributed by atoms with Crippen LogP contribution in [0.25, 0.3) is 11.4 Å². The van der Waals surface area contributed by atoms with Crippen molar-refractivity contribution >= 4 is 5.69 Å². The van der Waals surface area contributed by atoms with Gasteiger partial charge in [0.2, 0.25) is 11.7 Å². The van der Waals surface area contributed by atoms with Crippen LogP contribution in [0.4, 0.5) is 5.69 Å². The van der Waals surface area contributed by atoms with Crippen LogP contribution in [0.15, 0.2) is 28.8 Å². The van der Waals surface area contributed by atoms with E-state index in [9.17, 15) is 15.2 Å². The maximum absolute atomic E-state index is 11.0. The lowest BCUT2D eigenvalue weighted by Crippen LogP contribution is -2.14. The molecule has 1 aromatic carbocycles. The van der Waals surface area contributed by atoms with E-state index < -0.39 is 11.0 Å². The number of nitrogens with zero attached hydrogens (tertiary/aromatic N) is 3. The molecule has 7 nitrogen and oxygen atoms in total. The number of hydrogen-bond acceptors (Lipinski definition) is 6. The summed E-state index contributed by atoms with van der Waals surface area (Å²) in [6.45, 7) is 3.54. The van der Waals surface area contributed by atoms with Crippen LogP contribution >= 0.6 is 0 Å². The molecule has 0 radical (unpaired) electrons. The minimum absolute atomic E-state index is 0.0788. The smallest absolute Gasteiger partial charge is 0.280 e. The van der Waals surface area contributed by atoms with E-state index >= 15 is 0 Å². The number of nitro benzene ring substituents is 1. The van der Waals surface area contributed by atoms with Crippen LogP contribution in [-0.2, 0) is 0 Å². The third-order valence-corrected chi connectivity index (χ3v) is 3.12. The van der Waals surface area contributed by atoms with Gasteiger partial charge in [0.25, 0.3) is 5.69 Å². The molecule has 1 aromatic heterocycles. The standard InChI is InChI=1S/C13H15N3O4/c1-3-9(8(2)17)13-14-12(15-20-13)10-6-4-5-7-11(10)16(18)19/h4-9,17H,3H2,1-2H3. The molecule has 0 aliphatic heterocycles. The molecule has 7 heteroatoms. The quantitative estimate of drug-likeness (QED) is 0.665. The maximum Gasteiger partial charge on any atom is 0.280 e. The average molecular weight is 277 g/mol. The Morgan fingerprint density at radius 1 is 1.45 bits per heavy atom. The zero-order valence-electron chi connectivity index (χ0n) is 11.2. The lowest BCUT2D eigenvalue weighted by atomic mass is 10.0. The Morgan fingerprint density at radius 3 is 2.75 bits per heavy atom. The van der Waals surface area contributed by atoms with Crippen LogP contribution in [0.3, 0.4) is 0 Å². The fourth-order valence-electron chi connectivity index (χ4n) is 2.04. The molecule has 0 spiro atoms. The lowest BCUT2D eigenvalue weighted by molar-refractivity contribution is -0.384. The van der Waals surface area contributed by atoms with Gasteiger partial charge in [0, 0.05) is 6.07 Å². The number of aliphatic hydroxyl groups is 1. The van der Waals surface area contributed by atoms with Crippen LogP contribution in [-0.4, -0.2) is 26.3 Å². The molecule has 20 heavy (non-hydrogen) atoms. The predicted molar refractivity (Wildman–Crippen MR) is 71.1 cm³/mol. The zero-order chi connectivity index (χ0) is 14.7. The molecule has 2 unspecified atom stereocenters. The van der Waals surface area contributed by atoms with Crippen molar-refractivity contribution in [3.05, 3.63) is 40.3 Å². The highest BCUT2D eigenvalue weighted by Gasteiger charge is 2.25. The number of aliphatic hydroxyl groups excluding tert-OH is 1. The van der Waals surface area contributed by atoms with Gasteiger partial charge in [-0.15, -0.1) is 0 Å². The van der Waals surface area contributed by atoms with Crippen LogP contribution in [0.1, 0.15) is 32.1 Å². The van der Waals surface area contributed by atoms with E-state index in [0.717, 1.165) is 0 Å². The molecular formula is C13H15N3O4. The molecule has 0 fully saturated rings. The Kier molecular flexibility index (Phi) is 4.09. The minimum atomic E-state index is -0.626. The van der Waals surface area contributed by atoms with Gasteiger partial charge in [-0.1, -0.05) is 24.2 Å². The number of benzene rings is 1. The number of rotatable bonds is 5. The average Bonchev–Trinajstić information content (AvgIpc) is 2.88. The van der Waals surface area contributed by atoms with Crippen molar-refractivity contribution in [3.63, 3.8) is 0 Å². The fraction of sp³-hybridized carbons (Fsp3) is 0.385. The van der Waals surface area contributed by atoms with Crippen LogP contribution in [0, 0.1) is 10.1 Å². The molecule has 0 bridgehead atoms. The number of hydrogen-bond donors (Lipinski definition) is 1. The normalized spacial score (nSPS) is 13.9. The van der Waals surface area contributed by atoms with Crippen molar-refractivity contribution in [2.24, 2.45) is 0 Å². The first-order valence-corrected chi connectivity index (χ1v) is 6.30. The Morgan fingerprint density at radius 2 is 2.15 bits per heavy atom. The largest absolute Gasteiger partial charge is 0.393 e. The van der Waals surface area contributed by atoms with Gasteiger partial charge in [-0.05, 0) is 19.4 Å². The maximum atomic E-state index is 11.0. The molecule has 0 aliphatic carbocycles. The van der Waals surface area contributed by atoms with Gasteiger partial charge in [-0.2, -0.15) is 4.98 Å². The number of nitro groups is 1. The van der Waals surface area contributed by atoms with Gasteiger partial charge in [0.1, 0.15) is 5.56 Å². The highest BCUT2D eigenvalue weighted by molar-refractivity contribution is 5.67. The fourth-order valence-corrected chi connectivity index (χ4v) is 2.04. The summed E-state index contributed by atoms with van der Waals surface area (Å²) in [5.74, 6) is 0.168. The van der Waals surface area contributed by atoms with Gasteiger partial charge in [0.05, 0.1) is 16.9 Å². The van der Waals surface area contributed by atoms with Crippen molar-refractivity contribution in [1.82, 2.24) is 10.1 Å². The second kappa shape index (κ2) is 5.79. The van der Waals surface area contributed by atoms with Gasteiger partial charge in [-0.3, -0.25) is 10.1 Å². The lowest BCUT2D eigenvalue weighted by Gasteiger charge is -2.12. The molecule has 2 atom stereocenters. The third kappa shape index (κ3) is 2.67.